The Morgan fingerprint density at radius 3 is 2.00 bits per heavy atom. The molecule has 2 heteroatoms. The molecule has 0 radical (unpaired) electrons. The molecular weight excluding hydrogens is 304 g/mol. The van der Waals surface area contributed by atoms with Crippen LogP contribution in [0.1, 0.15) is 47.1 Å². The molecule has 0 saturated carbocycles. The van der Waals surface area contributed by atoms with Crippen LogP contribution in [0.5, 0.6) is 0 Å². The van der Waals surface area contributed by atoms with E-state index in [1.54, 1.807) is 0 Å². The van der Waals surface area contributed by atoms with Gasteiger partial charge in [0.25, 0.3) is 0 Å². The molecule has 5 rings (SSSR count). The van der Waals surface area contributed by atoms with Gasteiger partial charge in [-0.3, -0.25) is 4.98 Å². The minimum absolute atomic E-state index is 0.418. The van der Waals surface area contributed by atoms with E-state index >= 15 is 0 Å². The maximum Gasteiger partial charge on any atom is 0.0715 e. The second-order valence-corrected chi connectivity index (χ2v) is 7.12. The van der Waals surface area contributed by atoms with Crippen LogP contribution in [0.25, 0.3) is 0 Å². The summed E-state index contributed by atoms with van der Waals surface area (Å²) in [7, 11) is 0. The average Bonchev–Trinajstić information content (AvgIpc) is 2.70. The quantitative estimate of drug-likeness (QED) is 0.662. The van der Waals surface area contributed by atoms with E-state index in [9.17, 15) is 0 Å². The van der Waals surface area contributed by atoms with Crippen molar-refractivity contribution in [1.82, 2.24) is 4.98 Å². The Labute approximate surface area is 149 Å². The third kappa shape index (κ3) is 2.44. The fourth-order valence-electron chi connectivity index (χ4n) is 4.61. The second kappa shape index (κ2) is 6.03. The van der Waals surface area contributed by atoms with Gasteiger partial charge in [0, 0.05) is 31.1 Å². The summed E-state index contributed by atoms with van der Waals surface area (Å²) in [5, 5.41) is 0. The smallest absolute Gasteiger partial charge is 0.0715 e. The standard InChI is InChI=1S/C23H22N2/c1-3-7-17(8-4-1)19-12-15-25-16-13-20(18-9-5-2-6-10-18)22-23(25)21(19)11-14-24-22/h1-11,14,19-20H,12-13,15-16H2/t19-,20-/m1/s1. The summed E-state index contributed by atoms with van der Waals surface area (Å²) in [5.74, 6) is 0.908. The molecule has 25 heavy (non-hydrogen) atoms. The van der Waals surface area contributed by atoms with E-state index in [1.165, 1.54) is 34.5 Å². The van der Waals surface area contributed by atoms with Gasteiger partial charge in [0.1, 0.15) is 0 Å². The minimum Gasteiger partial charge on any atom is -0.370 e. The lowest BCUT2D eigenvalue weighted by Gasteiger charge is -2.42. The number of anilines is 1. The summed E-state index contributed by atoms with van der Waals surface area (Å²) in [5.41, 5.74) is 6.96. The van der Waals surface area contributed by atoms with Crippen molar-refractivity contribution in [2.75, 3.05) is 18.0 Å². The van der Waals surface area contributed by atoms with Crippen LogP contribution < -0.4 is 4.90 Å². The highest BCUT2D eigenvalue weighted by Gasteiger charge is 2.35. The van der Waals surface area contributed by atoms with Gasteiger partial charge in [-0.05, 0) is 35.6 Å². The van der Waals surface area contributed by atoms with Crippen LogP contribution in [-0.2, 0) is 0 Å². The first-order chi connectivity index (χ1) is 12.4. The molecular formula is C23H22N2. The van der Waals surface area contributed by atoms with Gasteiger partial charge in [0.05, 0.1) is 11.4 Å². The van der Waals surface area contributed by atoms with Crippen LogP contribution in [0.3, 0.4) is 0 Å². The second-order valence-electron chi connectivity index (χ2n) is 7.12. The Bertz CT molecular complexity index is 803. The van der Waals surface area contributed by atoms with Gasteiger partial charge in [-0.15, -0.1) is 0 Å². The van der Waals surface area contributed by atoms with Gasteiger partial charge in [-0.2, -0.15) is 0 Å². The van der Waals surface area contributed by atoms with E-state index in [1.807, 2.05) is 6.20 Å². The summed E-state index contributed by atoms with van der Waals surface area (Å²) in [4.78, 5) is 7.42. The highest BCUT2D eigenvalue weighted by atomic mass is 15.2. The molecule has 0 unspecified atom stereocenters. The lowest BCUT2D eigenvalue weighted by atomic mass is 9.79. The van der Waals surface area contributed by atoms with Crippen molar-refractivity contribution in [2.24, 2.45) is 0 Å². The predicted molar refractivity (Wildman–Crippen MR) is 102 cm³/mol. The number of nitrogens with zero attached hydrogens (tertiary/aromatic N) is 2. The van der Waals surface area contributed by atoms with Gasteiger partial charge in [0.2, 0.25) is 0 Å². The number of hydrogen-bond acceptors (Lipinski definition) is 2. The zero-order valence-corrected chi connectivity index (χ0v) is 14.3. The molecule has 2 nitrogen and oxygen atoms in total. The first kappa shape index (κ1) is 14.7. The molecule has 0 fully saturated rings. The van der Waals surface area contributed by atoms with Crippen LogP contribution in [0, 0.1) is 0 Å². The molecule has 3 heterocycles. The topological polar surface area (TPSA) is 16.1 Å². The van der Waals surface area contributed by atoms with Crippen molar-refractivity contribution < 1.29 is 0 Å². The Kier molecular flexibility index (Phi) is 3.55. The van der Waals surface area contributed by atoms with Crippen LogP contribution in [0.4, 0.5) is 5.69 Å². The molecule has 2 atom stereocenters. The third-order valence-electron chi connectivity index (χ3n) is 5.78. The average molecular weight is 326 g/mol. The molecule has 3 aromatic rings. The van der Waals surface area contributed by atoms with Crippen LogP contribution in [-0.4, -0.2) is 18.1 Å². The summed E-state index contributed by atoms with van der Waals surface area (Å²) in [6.07, 6.45) is 4.37. The Morgan fingerprint density at radius 2 is 1.32 bits per heavy atom. The van der Waals surface area contributed by atoms with Crippen molar-refractivity contribution in [2.45, 2.75) is 24.7 Å². The SMILES string of the molecule is c1ccc([C@H]2CCN3CC[C@H](c4ccccc4)c4nccc2c43)cc1. The van der Waals surface area contributed by atoms with Gasteiger partial charge >= 0.3 is 0 Å². The molecule has 0 bridgehead atoms. The fraction of sp³-hybridized carbons (Fsp3) is 0.261. The van der Waals surface area contributed by atoms with E-state index in [4.69, 9.17) is 4.98 Å². The van der Waals surface area contributed by atoms with Gasteiger partial charge < -0.3 is 4.90 Å². The Morgan fingerprint density at radius 1 is 0.720 bits per heavy atom. The van der Waals surface area contributed by atoms with Crippen molar-refractivity contribution in [1.29, 1.82) is 0 Å². The number of benzene rings is 2. The van der Waals surface area contributed by atoms with Crippen molar-refractivity contribution >= 4 is 5.69 Å². The summed E-state index contributed by atoms with van der Waals surface area (Å²) >= 11 is 0. The van der Waals surface area contributed by atoms with E-state index in [2.05, 4.69) is 71.6 Å². The van der Waals surface area contributed by atoms with E-state index in [0.29, 0.717) is 11.8 Å². The summed E-state index contributed by atoms with van der Waals surface area (Å²) in [6.45, 7) is 2.26. The Hall–Kier alpha value is -2.61. The monoisotopic (exact) mass is 326 g/mol. The first-order valence-electron chi connectivity index (χ1n) is 9.25. The number of aromatic nitrogens is 1. The largest absolute Gasteiger partial charge is 0.370 e. The normalized spacial score (nSPS) is 21.7. The maximum atomic E-state index is 4.86. The van der Waals surface area contributed by atoms with E-state index in [0.717, 1.165) is 19.5 Å². The summed E-state index contributed by atoms with van der Waals surface area (Å²) < 4.78 is 0. The van der Waals surface area contributed by atoms with Crippen LogP contribution >= 0.6 is 0 Å². The molecule has 124 valence electrons. The third-order valence-corrected chi connectivity index (χ3v) is 5.78. The van der Waals surface area contributed by atoms with E-state index in [-0.39, 0.29) is 0 Å². The molecule has 0 N–H and O–H groups in total. The van der Waals surface area contributed by atoms with Crippen LogP contribution in [0.2, 0.25) is 0 Å². The number of pyridine rings is 1. The minimum atomic E-state index is 0.418. The van der Waals surface area contributed by atoms with Crippen LogP contribution in [0.15, 0.2) is 72.9 Å². The first-order valence-corrected chi connectivity index (χ1v) is 9.25. The predicted octanol–water partition coefficient (Wildman–Crippen LogP) is 4.96. The number of rotatable bonds is 2. The molecule has 0 aliphatic carbocycles. The van der Waals surface area contributed by atoms with Crippen molar-refractivity contribution in [3.63, 3.8) is 0 Å². The zero-order valence-electron chi connectivity index (χ0n) is 14.3. The maximum absolute atomic E-state index is 4.86. The van der Waals surface area contributed by atoms with E-state index < -0.39 is 0 Å². The highest BCUT2D eigenvalue weighted by molar-refractivity contribution is 5.65. The molecule has 2 aromatic carbocycles. The zero-order chi connectivity index (χ0) is 16.6. The van der Waals surface area contributed by atoms with Crippen molar-refractivity contribution in [3.8, 4) is 0 Å². The highest BCUT2D eigenvalue weighted by Crippen LogP contribution is 2.46. The van der Waals surface area contributed by atoms with Gasteiger partial charge in [-0.1, -0.05) is 60.7 Å². The molecule has 0 spiro atoms. The Balaban J connectivity index is 1.64. The fourth-order valence-corrected chi connectivity index (χ4v) is 4.61. The lowest BCUT2D eigenvalue weighted by molar-refractivity contribution is 0.561. The molecule has 2 aliphatic rings. The van der Waals surface area contributed by atoms with Gasteiger partial charge in [-0.25, -0.2) is 0 Å². The van der Waals surface area contributed by atoms with Gasteiger partial charge in [0.15, 0.2) is 0 Å². The molecule has 0 amide bonds. The molecule has 1 aromatic heterocycles. The summed E-state index contributed by atoms with van der Waals surface area (Å²) in [6, 6.07) is 24.1. The lowest BCUT2D eigenvalue weighted by Crippen LogP contribution is -2.38. The van der Waals surface area contributed by atoms with Crippen molar-refractivity contribution in [3.05, 3.63) is 95.3 Å². The molecule has 0 saturated heterocycles. The number of hydrogen-bond donors (Lipinski definition) is 0. The molecule has 2 aliphatic heterocycles.